The van der Waals surface area contributed by atoms with Crippen LogP contribution >= 0.6 is 0 Å². The van der Waals surface area contributed by atoms with Crippen LogP contribution < -0.4 is 15.1 Å². The van der Waals surface area contributed by atoms with Crippen LogP contribution in [0.5, 0.6) is 0 Å². The molecular formula is C22H26N6. The van der Waals surface area contributed by atoms with Crippen LogP contribution in [0, 0.1) is 0 Å². The first-order chi connectivity index (χ1) is 13.7. The summed E-state index contributed by atoms with van der Waals surface area (Å²) in [6, 6.07) is 16.3. The van der Waals surface area contributed by atoms with Gasteiger partial charge >= 0.3 is 0 Å². The van der Waals surface area contributed by atoms with Gasteiger partial charge in [-0.15, -0.1) is 0 Å². The van der Waals surface area contributed by atoms with E-state index >= 15 is 0 Å². The number of para-hydroxylation sites is 1. The third-order valence-electron chi connectivity index (χ3n) is 5.02. The molecule has 3 heterocycles. The summed E-state index contributed by atoms with van der Waals surface area (Å²) in [6.45, 7) is 7.98. The second kappa shape index (κ2) is 8.25. The van der Waals surface area contributed by atoms with E-state index in [1.54, 1.807) is 0 Å². The predicted octanol–water partition coefficient (Wildman–Crippen LogP) is 4.07. The molecule has 0 atom stereocenters. The Bertz CT molecular complexity index is 904. The van der Waals surface area contributed by atoms with Crippen molar-refractivity contribution in [2.75, 3.05) is 41.3 Å². The smallest absolute Gasteiger partial charge is 0.227 e. The van der Waals surface area contributed by atoms with Crippen molar-refractivity contribution in [3.63, 3.8) is 0 Å². The van der Waals surface area contributed by atoms with E-state index < -0.39 is 0 Å². The van der Waals surface area contributed by atoms with E-state index in [9.17, 15) is 0 Å². The highest BCUT2D eigenvalue weighted by molar-refractivity contribution is 5.62. The molecule has 6 heteroatoms. The van der Waals surface area contributed by atoms with Gasteiger partial charge in [0.25, 0.3) is 0 Å². The summed E-state index contributed by atoms with van der Waals surface area (Å²) < 4.78 is 0. The van der Waals surface area contributed by atoms with Crippen LogP contribution in [0.3, 0.4) is 0 Å². The van der Waals surface area contributed by atoms with E-state index in [0.29, 0.717) is 5.92 Å². The van der Waals surface area contributed by atoms with Gasteiger partial charge in [-0.3, -0.25) is 0 Å². The number of nitrogens with one attached hydrogen (secondary N) is 1. The number of hydrogen-bond acceptors (Lipinski definition) is 6. The molecule has 144 valence electrons. The fourth-order valence-electron chi connectivity index (χ4n) is 3.50. The Morgan fingerprint density at radius 1 is 0.821 bits per heavy atom. The highest BCUT2D eigenvalue weighted by atomic mass is 15.3. The zero-order valence-electron chi connectivity index (χ0n) is 16.4. The normalized spacial score (nSPS) is 14.4. The van der Waals surface area contributed by atoms with Crippen LogP contribution in [-0.2, 0) is 0 Å². The molecule has 0 spiro atoms. The third kappa shape index (κ3) is 4.06. The molecule has 0 saturated carbocycles. The fourth-order valence-corrected chi connectivity index (χ4v) is 3.50. The number of rotatable bonds is 5. The molecule has 28 heavy (non-hydrogen) atoms. The first-order valence-corrected chi connectivity index (χ1v) is 9.80. The summed E-state index contributed by atoms with van der Waals surface area (Å²) in [5, 5.41) is 3.47. The Balaban J connectivity index is 1.45. The van der Waals surface area contributed by atoms with E-state index in [0.717, 1.165) is 49.5 Å². The Labute approximate surface area is 166 Å². The van der Waals surface area contributed by atoms with Gasteiger partial charge in [-0.05, 0) is 35.7 Å². The van der Waals surface area contributed by atoms with Crippen LogP contribution in [0.1, 0.15) is 25.3 Å². The minimum atomic E-state index is 0.449. The molecule has 0 amide bonds. The Hall–Kier alpha value is -3.15. The highest BCUT2D eigenvalue weighted by Gasteiger charge is 2.20. The molecule has 0 bridgehead atoms. The zero-order valence-corrected chi connectivity index (χ0v) is 16.4. The van der Waals surface area contributed by atoms with Crippen LogP contribution in [-0.4, -0.2) is 41.1 Å². The summed E-state index contributed by atoms with van der Waals surface area (Å²) in [7, 11) is 0. The highest BCUT2D eigenvalue weighted by Crippen LogP contribution is 2.26. The summed E-state index contributed by atoms with van der Waals surface area (Å²) in [5.74, 6) is 3.08. The van der Waals surface area contributed by atoms with Gasteiger partial charge in [-0.1, -0.05) is 38.1 Å². The van der Waals surface area contributed by atoms with E-state index in [2.05, 4.69) is 63.2 Å². The number of piperazine rings is 1. The number of hydrogen-bond donors (Lipinski definition) is 1. The van der Waals surface area contributed by atoms with Gasteiger partial charge in [-0.25, -0.2) is 9.97 Å². The average molecular weight is 374 g/mol. The molecule has 0 unspecified atom stereocenters. The molecule has 1 aromatic carbocycles. The van der Waals surface area contributed by atoms with Crippen LogP contribution in [0.2, 0.25) is 0 Å². The molecule has 1 saturated heterocycles. The Morgan fingerprint density at radius 2 is 1.57 bits per heavy atom. The van der Waals surface area contributed by atoms with Gasteiger partial charge in [0.05, 0.1) is 0 Å². The molecule has 1 aliphatic rings. The second-order valence-corrected chi connectivity index (χ2v) is 7.27. The van der Waals surface area contributed by atoms with Crippen molar-refractivity contribution >= 4 is 23.3 Å². The molecule has 1 aliphatic heterocycles. The Kier molecular flexibility index (Phi) is 5.37. The SMILES string of the molecule is CC(C)c1ccccc1Nc1ccnc(N2CCN(c3ccccn3)CC2)n1. The maximum Gasteiger partial charge on any atom is 0.227 e. The summed E-state index contributed by atoms with van der Waals surface area (Å²) >= 11 is 0. The van der Waals surface area contributed by atoms with E-state index in [4.69, 9.17) is 4.98 Å². The van der Waals surface area contributed by atoms with Crippen molar-refractivity contribution in [1.82, 2.24) is 15.0 Å². The van der Waals surface area contributed by atoms with Crippen molar-refractivity contribution < 1.29 is 0 Å². The van der Waals surface area contributed by atoms with Gasteiger partial charge < -0.3 is 15.1 Å². The lowest BCUT2D eigenvalue weighted by atomic mass is 10.0. The molecular weight excluding hydrogens is 348 g/mol. The lowest BCUT2D eigenvalue weighted by Crippen LogP contribution is -2.47. The van der Waals surface area contributed by atoms with E-state index in [1.807, 2.05) is 36.7 Å². The van der Waals surface area contributed by atoms with Gasteiger partial charge in [0, 0.05) is 44.3 Å². The third-order valence-corrected chi connectivity index (χ3v) is 5.02. The second-order valence-electron chi connectivity index (χ2n) is 7.27. The van der Waals surface area contributed by atoms with Gasteiger partial charge in [0.2, 0.25) is 5.95 Å². The van der Waals surface area contributed by atoms with Crippen molar-refractivity contribution in [2.24, 2.45) is 0 Å². The van der Waals surface area contributed by atoms with Crippen LogP contribution in [0.15, 0.2) is 60.9 Å². The predicted molar refractivity (Wildman–Crippen MR) is 115 cm³/mol. The number of anilines is 4. The monoisotopic (exact) mass is 374 g/mol. The van der Waals surface area contributed by atoms with Crippen molar-refractivity contribution in [3.8, 4) is 0 Å². The van der Waals surface area contributed by atoms with Crippen LogP contribution in [0.4, 0.5) is 23.3 Å². The van der Waals surface area contributed by atoms with Crippen molar-refractivity contribution in [3.05, 3.63) is 66.5 Å². The summed E-state index contributed by atoms with van der Waals surface area (Å²) in [5.41, 5.74) is 2.38. The average Bonchev–Trinajstić information content (AvgIpc) is 2.75. The van der Waals surface area contributed by atoms with Crippen molar-refractivity contribution in [1.29, 1.82) is 0 Å². The minimum absolute atomic E-state index is 0.449. The maximum atomic E-state index is 4.76. The van der Waals surface area contributed by atoms with E-state index in [-0.39, 0.29) is 0 Å². The Morgan fingerprint density at radius 3 is 2.32 bits per heavy atom. The standard InChI is InChI=1S/C22H26N6/c1-17(2)18-7-3-4-8-19(18)25-20-10-12-24-22(26-20)28-15-13-27(14-16-28)21-9-5-6-11-23-21/h3-12,17H,13-16H2,1-2H3,(H,24,25,26). The molecule has 2 aromatic heterocycles. The molecule has 6 nitrogen and oxygen atoms in total. The van der Waals surface area contributed by atoms with Gasteiger partial charge in [0.15, 0.2) is 0 Å². The first-order valence-electron chi connectivity index (χ1n) is 9.80. The number of aromatic nitrogens is 3. The summed E-state index contributed by atoms with van der Waals surface area (Å²) in [4.78, 5) is 18.2. The minimum Gasteiger partial charge on any atom is -0.353 e. The molecule has 1 fully saturated rings. The number of pyridine rings is 1. The van der Waals surface area contributed by atoms with Crippen LogP contribution in [0.25, 0.3) is 0 Å². The fraction of sp³-hybridized carbons (Fsp3) is 0.318. The maximum absolute atomic E-state index is 4.76. The van der Waals surface area contributed by atoms with Gasteiger partial charge in [-0.2, -0.15) is 4.98 Å². The van der Waals surface area contributed by atoms with Gasteiger partial charge in [0.1, 0.15) is 11.6 Å². The molecule has 4 rings (SSSR count). The first kappa shape index (κ1) is 18.2. The number of nitrogens with zero attached hydrogens (tertiary/aromatic N) is 5. The topological polar surface area (TPSA) is 57.2 Å². The summed E-state index contributed by atoms with van der Waals surface area (Å²) in [6.07, 6.45) is 3.67. The quantitative estimate of drug-likeness (QED) is 0.727. The molecule has 3 aromatic rings. The molecule has 0 radical (unpaired) electrons. The van der Waals surface area contributed by atoms with Crippen molar-refractivity contribution in [2.45, 2.75) is 19.8 Å². The molecule has 0 aliphatic carbocycles. The zero-order chi connectivity index (χ0) is 19.3. The number of benzene rings is 1. The largest absolute Gasteiger partial charge is 0.353 e. The van der Waals surface area contributed by atoms with E-state index in [1.165, 1.54) is 5.56 Å². The molecule has 1 N–H and O–H groups in total. The lowest BCUT2D eigenvalue weighted by molar-refractivity contribution is 0.635. The lowest BCUT2D eigenvalue weighted by Gasteiger charge is -2.35.